The molecular weight excluding hydrogens is 291 g/mol. The molecule has 0 atom stereocenters. The Kier molecular flexibility index (Phi) is 4.12. The SMILES string of the molecule is Cc1cc(O)nc(SCc2cnccc2C(F)(F)F)n1. The van der Waals surface area contributed by atoms with Crippen LogP contribution in [0.1, 0.15) is 16.8 Å². The topological polar surface area (TPSA) is 58.9 Å². The summed E-state index contributed by atoms with van der Waals surface area (Å²) < 4.78 is 38.4. The van der Waals surface area contributed by atoms with Crippen LogP contribution < -0.4 is 0 Å². The molecule has 0 saturated heterocycles. The number of nitrogens with zero attached hydrogens (tertiary/aromatic N) is 3. The van der Waals surface area contributed by atoms with Gasteiger partial charge in [-0.25, -0.2) is 4.98 Å². The number of rotatable bonds is 3. The first-order chi connectivity index (χ1) is 9.36. The Bertz CT molecular complexity index is 599. The molecule has 0 amide bonds. The van der Waals surface area contributed by atoms with E-state index in [1.807, 2.05) is 0 Å². The lowest BCUT2D eigenvalue weighted by Crippen LogP contribution is -2.09. The van der Waals surface area contributed by atoms with Gasteiger partial charge in [0, 0.05) is 29.9 Å². The summed E-state index contributed by atoms with van der Waals surface area (Å²) in [6, 6.07) is 2.31. The minimum atomic E-state index is -4.42. The maximum absolute atomic E-state index is 12.8. The number of alkyl halides is 3. The lowest BCUT2D eigenvalue weighted by Gasteiger charge is -2.11. The van der Waals surface area contributed by atoms with Gasteiger partial charge in [0.15, 0.2) is 5.16 Å². The molecule has 106 valence electrons. The summed E-state index contributed by atoms with van der Waals surface area (Å²) in [5.74, 6) is -0.187. The van der Waals surface area contributed by atoms with Crippen LogP contribution in [0, 0.1) is 6.92 Å². The fourth-order valence-corrected chi connectivity index (χ4v) is 2.43. The molecule has 0 aromatic carbocycles. The van der Waals surface area contributed by atoms with Crippen LogP contribution in [-0.4, -0.2) is 20.1 Å². The second kappa shape index (κ2) is 5.66. The zero-order valence-electron chi connectivity index (χ0n) is 10.3. The molecule has 0 spiro atoms. The number of thioether (sulfide) groups is 1. The van der Waals surface area contributed by atoms with E-state index in [0.29, 0.717) is 5.69 Å². The summed E-state index contributed by atoms with van der Waals surface area (Å²) >= 11 is 1.01. The predicted octanol–water partition coefficient (Wildman–Crippen LogP) is 3.20. The molecule has 2 aromatic rings. The van der Waals surface area contributed by atoms with Crippen molar-refractivity contribution < 1.29 is 18.3 Å². The van der Waals surface area contributed by atoms with Gasteiger partial charge in [0.1, 0.15) is 0 Å². The van der Waals surface area contributed by atoms with Crippen LogP contribution in [0.4, 0.5) is 13.2 Å². The monoisotopic (exact) mass is 301 g/mol. The van der Waals surface area contributed by atoms with Crippen molar-refractivity contribution in [1.82, 2.24) is 15.0 Å². The number of aryl methyl sites for hydroxylation is 1. The quantitative estimate of drug-likeness (QED) is 0.697. The van der Waals surface area contributed by atoms with Crippen LogP contribution in [0.5, 0.6) is 5.88 Å². The Morgan fingerprint density at radius 2 is 2.05 bits per heavy atom. The summed E-state index contributed by atoms with van der Waals surface area (Å²) in [7, 11) is 0. The lowest BCUT2D eigenvalue weighted by atomic mass is 10.1. The molecule has 2 aromatic heterocycles. The molecule has 0 aliphatic rings. The van der Waals surface area contributed by atoms with Gasteiger partial charge in [0.25, 0.3) is 0 Å². The van der Waals surface area contributed by atoms with Crippen LogP contribution >= 0.6 is 11.8 Å². The van der Waals surface area contributed by atoms with Crippen LogP contribution in [0.15, 0.2) is 29.7 Å². The van der Waals surface area contributed by atoms with Crippen molar-refractivity contribution in [3.05, 3.63) is 41.3 Å². The number of hydrogen-bond acceptors (Lipinski definition) is 5. The second-order valence-electron chi connectivity index (χ2n) is 3.97. The maximum atomic E-state index is 12.8. The van der Waals surface area contributed by atoms with Crippen molar-refractivity contribution >= 4 is 11.8 Å². The summed E-state index contributed by atoms with van der Waals surface area (Å²) in [6.07, 6.45) is -2.15. The Labute approximate surface area is 117 Å². The predicted molar refractivity (Wildman–Crippen MR) is 67.2 cm³/mol. The van der Waals surface area contributed by atoms with Crippen molar-refractivity contribution in [2.45, 2.75) is 24.0 Å². The Morgan fingerprint density at radius 1 is 1.30 bits per heavy atom. The van der Waals surface area contributed by atoms with Crippen LogP contribution in [0.25, 0.3) is 0 Å². The fraction of sp³-hybridized carbons (Fsp3) is 0.250. The molecule has 0 unspecified atom stereocenters. The molecule has 0 radical (unpaired) electrons. The third-order valence-corrected chi connectivity index (χ3v) is 3.28. The van der Waals surface area contributed by atoms with E-state index in [1.165, 1.54) is 12.3 Å². The standard InChI is InChI=1S/C12H10F3N3OS/c1-7-4-10(19)18-11(17-7)20-6-8-5-16-3-2-9(8)12(13,14)15/h2-5H,6H2,1H3,(H,17,18,19). The van der Waals surface area contributed by atoms with Gasteiger partial charge in [0.2, 0.25) is 5.88 Å². The van der Waals surface area contributed by atoms with Crippen molar-refractivity contribution in [2.24, 2.45) is 0 Å². The third-order valence-electron chi connectivity index (χ3n) is 2.39. The summed E-state index contributed by atoms with van der Waals surface area (Å²) in [4.78, 5) is 11.5. The number of aromatic hydroxyl groups is 1. The third kappa shape index (κ3) is 3.60. The van der Waals surface area contributed by atoms with Gasteiger partial charge < -0.3 is 5.11 Å². The van der Waals surface area contributed by atoms with E-state index in [4.69, 9.17) is 0 Å². The summed E-state index contributed by atoms with van der Waals surface area (Å²) in [5.41, 5.74) is -0.131. The highest BCUT2D eigenvalue weighted by Crippen LogP contribution is 2.33. The Balaban J connectivity index is 2.19. The van der Waals surface area contributed by atoms with E-state index in [-0.39, 0.29) is 22.4 Å². The van der Waals surface area contributed by atoms with Gasteiger partial charge >= 0.3 is 6.18 Å². The van der Waals surface area contributed by atoms with E-state index < -0.39 is 11.7 Å². The minimum Gasteiger partial charge on any atom is -0.493 e. The number of aromatic nitrogens is 3. The first-order valence-electron chi connectivity index (χ1n) is 5.54. The summed E-state index contributed by atoms with van der Waals surface area (Å²) in [5, 5.41) is 9.54. The van der Waals surface area contributed by atoms with Crippen molar-refractivity contribution in [3.8, 4) is 5.88 Å². The zero-order chi connectivity index (χ0) is 14.8. The number of hydrogen-bond donors (Lipinski definition) is 1. The number of halogens is 3. The van der Waals surface area contributed by atoms with E-state index in [2.05, 4.69) is 15.0 Å². The minimum absolute atomic E-state index is 0.0194. The molecular formula is C12H10F3N3OS. The molecule has 0 aliphatic carbocycles. The summed E-state index contributed by atoms with van der Waals surface area (Å²) in [6.45, 7) is 1.66. The molecule has 20 heavy (non-hydrogen) atoms. The normalized spacial score (nSPS) is 11.6. The Hall–Kier alpha value is -1.83. The molecule has 0 saturated carbocycles. The van der Waals surface area contributed by atoms with Gasteiger partial charge in [-0.2, -0.15) is 18.2 Å². The van der Waals surface area contributed by atoms with Crippen molar-refractivity contribution in [3.63, 3.8) is 0 Å². The molecule has 1 N–H and O–H groups in total. The van der Waals surface area contributed by atoms with Crippen molar-refractivity contribution in [2.75, 3.05) is 0 Å². The Morgan fingerprint density at radius 3 is 2.70 bits per heavy atom. The van der Waals surface area contributed by atoms with Crippen LogP contribution in [0.3, 0.4) is 0 Å². The molecule has 2 rings (SSSR count). The van der Waals surface area contributed by atoms with E-state index in [9.17, 15) is 18.3 Å². The lowest BCUT2D eigenvalue weighted by molar-refractivity contribution is -0.138. The highest BCUT2D eigenvalue weighted by Gasteiger charge is 2.33. The molecule has 0 bridgehead atoms. The molecule has 0 fully saturated rings. The fourth-order valence-electron chi connectivity index (χ4n) is 1.55. The largest absolute Gasteiger partial charge is 0.493 e. The molecule has 0 aliphatic heterocycles. The second-order valence-corrected chi connectivity index (χ2v) is 4.91. The van der Waals surface area contributed by atoms with Gasteiger partial charge in [0.05, 0.1) is 5.56 Å². The average Bonchev–Trinajstić information content (AvgIpc) is 2.34. The van der Waals surface area contributed by atoms with Gasteiger partial charge in [-0.15, -0.1) is 0 Å². The first-order valence-corrected chi connectivity index (χ1v) is 6.52. The van der Waals surface area contributed by atoms with E-state index in [1.54, 1.807) is 6.92 Å². The van der Waals surface area contributed by atoms with E-state index in [0.717, 1.165) is 24.0 Å². The first kappa shape index (κ1) is 14.6. The highest BCUT2D eigenvalue weighted by molar-refractivity contribution is 7.98. The number of pyridine rings is 1. The van der Waals surface area contributed by atoms with Crippen molar-refractivity contribution in [1.29, 1.82) is 0 Å². The van der Waals surface area contributed by atoms with Gasteiger partial charge in [-0.05, 0) is 18.6 Å². The van der Waals surface area contributed by atoms with Crippen LogP contribution in [0.2, 0.25) is 0 Å². The van der Waals surface area contributed by atoms with Gasteiger partial charge in [-0.1, -0.05) is 11.8 Å². The highest BCUT2D eigenvalue weighted by atomic mass is 32.2. The molecule has 2 heterocycles. The van der Waals surface area contributed by atoms with E-state index >= 15 is 0 Å². The van der Waals surface area contributed by atoms with Gasteiger partial charge in [-0.3, -0.25) is 4.98 Å². The average molecular weight is 301 g/mol. The maximum Gasteiger partial charge on any atom is 0.416 e. The molecule has 8 heteroatoms. The zero-order valence-corrected chi connectivity index (χ0v) is 11.2. The van der Waals surface area contributed by atoms with Crippen LogP contribution in [-0.2, 0) is 11.9 Å². The molecule has 4 nitrogen and oxygen atoms in total. The smallest absolute Gasteiger partial charge is 0.416 e.